The van der Waals surface area contributed by atoms with E-state index >= 15 is 0 Å². The summed E-state index contributed by atoms with van der Waals surface area (Å²) < 4.78 is 6.77. The normalized spacial score (nSPS) is 11.0. The van der Waals surface area contributed by atoms with Crippen molar-refractivity contribution in [3.05, 3.63) is 65.1 Å². The van der Waals surface area contributed by atoms with Gasteiger partial charge in [0, 0.05) is 24.9 Å². The number of fused-ring (bicyclic) bond motifs is 1. The van der Waals surface area contributed by atoms with E-state index in [1.807, 2.05) is 31.3 Å². The van der Waals surface area contributed by atoms with E-state index in [9.17, 15) is 4.79 Å². The molecule has 26 heavy (non-hydrogen) atoms. The zero-order valence-corrected chi connectivity index (χ0v) is 14.7. The highest BCUT2D eigenvalue weighted by molar-refractivity contribution is 5.99. The average molecular weight is 354 g/mol. The molecule has 1 aromatic carbocycles. The molecule has 0 unspecified atom stereocenters. The number of aromatic nitrogens is 3. The van der Waals surface area contributed by atoms with Crippen LogP contribution in [0, 0.1) is 6.92 Å². The second-order valence-electron chi connectivity index (χ2n) is 5.93. The molecular formula is C19H22N4O3. The number of benzene rings is 1. The molecule has 0 saturated heterocycles. The number of aryl methyl sites for hydroxylation is 1. The third kappa shape index (κ3) is 4.25. The SMILES string of the molecule is Cc1nc2c(C(=O)NCCOCCO)cnn2cc1Cc1ccccc1. The van der Waals surface area contributed by atoms with E-state index in [2.05, 4.69) is 27.5 Å². The summed E-state index contributed by atoms with van der Waals surface area (Å²) in [5.41, 5.74) is 4.11. The van der Waals surface area contributed by atoms with Gasteiger partial charge in [-0.2, -0.15) is 5.10 Å². The molecule has 2 N–H and O–H groups in total. The number of hydrogen-bond acceptors (Lipinski definition) is 5. The highest BCUT2D eigenvalue weighted by atomic mass is 16.5. The Morgan fingerprint density at radius 3 is 2.85 bits per heavy atom. The van der Waals surface area contributed by atoms with Gasteiger partial charge in [-0.15, -0.1) is 0 Å². The van der Waals surface area contributed by atoms with Crippen LogP contribution in [0.5, 0.6) is 0 Å². The molecule has 0 radical (unpaired) electrons. The van der Waals surface area contributed by atoms with Crippen LogP contribution in [0.2, 0.25) is 0 Å². The van der Waals surface area contributed by atoms with Gasteiger partial charge in [0.05, 0.1) is 26.0 Å². The Morgan fingerprint density at radius 1 is 1.27 bits per heavy atom. The largest absolute Gasteiger partial charge is 0.394 e. The molecule has 0 aliphatic rings. The second kappa shape index (κ2) is 8.55. The maximum Gasteiger partial charge on any atom is 0.256 e. The van der Waals surface area contributed by atoms with Gasteiger partial charge in [-0.05, 0) is 18.1 Å². The smallest absolute Gasteiger partial charge is 0.256 e. The van der Waals surface area contributed by atoms with Crippen LogP contribution < -0.4 is 5.32 Å². The maximum atomic E-state index is 12.3. The number of carbonyl (C=O) groups excluding carboxylic acids is 1. The third-order valence-electron chi connectivity index (χ3n) is 4.04. The first-order valence-corrected chi connectivity index (χ1v) is 8.53. The van der Waals surface area contributed by atoms with Gasteiger partial charge in [0.2, 0.25) is 0 Å². The molecular weight excluding hydrogens is 332 g/mol. The van der Waals surface area contributed by atoms with Gasteiger partial charge >= 0.3 is 0 Å². The van der Waals surface area contributed by atoms with Crippen LogP contribution >= 0.6 is 0 Å². The molecule has 0 spiro atoms. The molecule has 3 aromatic rings. The number of nitrogens with one attached hydrogen (secondary N) is 1. The van der Waals surface area contributed by atoms with Crippen molar-refractivity contribution in [2.24, 2.45) is 0 Å². The Kier molecular flexibility index (Phi) is 5.93. The summed E-state index contributed by atoms with van der Waals surface area (Å²) in [5.74, 6) is -0.240. The van der Waals surface area contributed by atoms with E-state index in [4.69, 9.17) is 9.84 Å². The monoisotopic (exact) mass is 354 g/mol. The van der Waals surface area contributed by atoms with Gasteiger partial charge in [-0.25, -0.2) is 9.50 Å². The van der Waals surface area contributed by atoms with E-state index in [-0.39, 0.29) is 19.1 Å². The molecule has 2 heterocycles. The van der Waals surface area contributed by atoms with Crippen LogP contribution in [-0.4, -0.2) is 52.0 Å². The number of nitrogens with zero attached hydrogens (tertiary/aromatic N) is 3. The number of aliphatic hydroxyl groups is 1. The summed E-state index contributed by atoms with van der Waals surface area (Å²) in [4.78, 5) is 16.9. The molecule has 7 heteroatoms. The summed E-state index contributed by atoms with van der Waals surface area (Å²) in [6.07, 6.45) is 4.21. The molecule has 0 saturated carbocycles. The minimum absolute atomic E-state index is 0.0312. The van der Waals surface area contributed by atoms with E-state index in [0.717, 1.165) is 17.7 Å². The number of ether oxygens (including phenoxy) is 1. The van der Waals surface area contributed by atoms with Crippen molar-refractivity contribution < 1.29 is 14.6 Å². The molecule has 3 rings (SSSR count). The van der Waals surface area contributed by atoms with Gasteiger partial charge in [0.1, 0.15) is 5.56 Å². The predicted molar refractivity (Wildman–Crippen MR) is 97.2 cm³/mol. The van der Waals surface area contributed by atoms with Crippen molar-refractivity contribution in [2.45, 2.75) is 13.3 Å². The Labute approximate surface area is 151 Å². The molecule has 1 amide bonds. The summed E-state index contributed by atoms with van der Waals surface area (Å²) in [5, 5.41) is 15.7. The lowest BCUT2D eigenvalue weighted by atomic mass is 10.1. The summed E-state index contributed by atoms with van der Waals surface area (Å²) in [7, 11) is 0. The average Bonchev–Trinajstić information content (AvgIpc) is 3.05. The summed E-state index contributed by atoms with van der Waals surface area (Å²) in [6, 6.07) is 10.2. The topological polar surface area (TPSA) is 88.8 Å². The van der Waals surface area contributed by atoms with Crippen molar-refractivity contribution in [3.63, 3.8) is 0 Å². The first-order valence-electron chi connectivity index (χ1n) is 8.53. The first-order chi connectivity index (χ1) is 12.7. The minimum Gasteiger partial charge on any atom is -0.394 e. The number of rotatable bonds is 8. The van der Waals surface area contributed by atoms with E-state index in [0.29, 0.717) is 24.4 Å². The highest BCUT2D eigenvalue weighted by Crippen LogP contribution is 2.16. The second-order valence-corrected chi connectivity index (χ2v) is 5.93. The molecule has 0 atom stereocenters. The fourth-order valence-corrected chi connectivity index (χ4v) is 2.68. The van der Waals surface area contributed by atoms with E-state index in [1.54, 1.807) is 4.52 Å². The van der Waals surface area contributed by atoms with Crippen molar-refractivity contribution in [1.29, 1.82) is 0 Å². The summed E-state index contributed by atoms with van der Waals surface area (Å²) in [6.45, 7) is 2.88. The van der Waals surface area contributed by atoms with Gasteiger partial charge < -0.3 is 15.2 Å². The van der Waals surface area contributed by atoms with Gasteiger partial charge in [0.15, 0.2) is 5.65 Å². The summed E-state index contributed by atoms with van der Waals surface area (Å²) >= 11 is 0. The molecule has 2 aromatic heterocycles. The zero-order valence-electron chi connectivity index (χ0n) is 14.7. The lowest BCUT2D eigenvalue weighted by molar-refractivity contribution is 0.0839. The lowest BCUT2D eigenvalue weighted by Crippen LogP contribution is -2.27. The first kappa shape index (κ1) is 18.0. The van der Waals surface area contributed by atoms with Gasteiger partial charge in [-0.3, -0.25) is 4.79 Å². The van der Waals surface area contributed by atoms with Crippen LogP contribution in [0.1, 0.15) is 27.2 Å². The zero-order chi connectivity index (χ0) is 18.4. The highest BCUT2D eigenvalue weighted by Gasteiger charge is 2.15. The number of carbonyl (C=O) groups is 1. The lowest BCUT2D eigenvalue weighted by Gasteiger charge is -2.08. The van der Waals surface area contributed by atoms with Crippen LogP contribution in [-0.2, 0) is 11.2 Å². The minimum atomic E-state index is -0.240. The predicted octanol–water partition coefficient (Wildman–Crippen LogP) is 1.37. The number of amides is 1. The maximum absolute atomic E-state index is 12.3. The van der Waals surface area contributed by atoms with Crippen molar-refractivity contribution >= 4 is 11.6 Å². The molecule has 0 aliphatic heterocycles. The number of aliphatic hydroxyl groups excluding tert-OH is 1. The van der Waals surface area contributed by atoms with Crippen molar-refractivity contribution in [2.75, 3.05) is 26.4 Å². The van der Waals surface area contributed by atoms with Gasteiger partial charge in [0.25, 0.3) is 5.91 Å². The molecule has 136 valence electrons. The Morgan fingerprint density at radius 2 is 2.08 bits per heavy atom. The van der Waals surface area contributed by atoms with Crippen molar-refractivity contribution in [3.8, 4) is 0 Å². The molecule has 0 aliphatic carbocycles. The Balaban J connectivity index is 1.73. The van der Waals surface area contributed by atoms with Crippen LogP contribution in [0.25, 0.3) is 5.65 Å². The van der Waals surface area contributed by atoms with Crippen molar-refractivity contribution in [1.82, 2.24) is 19.9 Å². The van der Waals surface area contributed by atoms with E-state index in [1.165, 1.54) is 11.8 Å². The number of hydrogen-bond donors (Lipinski definition) is 2. The van der Waals surface area contributed by atoms with Crippen LogP contribution in [0.15, 0.2) is 42.7 Å². The molecule has 0 bridgehead atoms. The standard InChI is InChI=1S/C19H22N4O3/c1-14-16(11-15-5-3-2-4-6-15)13-23-18(22-14)17(12-21-23)19(25)20-7-9-26-10-8-24/h2-6,12-13,24H,7-11H2,1H3,(H,20,25). The Bertz CT molecular complexity index is 877. The molecule has 7 nitrogen and oxygen atoms in total. The third-order valence-corrected chi connectivity index (χ3v) is 4.04. The quantitative estimate of drug-likeness (QED) is 0.597. The Hall–Kier alpha value is -2.77. The fraction of sp³-hybridized carbons (Fsp3) is 0.316. The van der Waals surface area contributed by atoms with Crippen LogP contribution in [0.3, 0.4) is 0 Å². The van der Waals surface area contributed by atoms with Crippen LogP contribution in [0.4, 0.5) is 0 Å². The van der Waals surface area contributed by atoms with E-state index < -0.39 is 0 Å². The van der Waals surface area contributed by atoms with Gasteiger partial charge in [-0.1, -0.05) is 30.3 Å². The molecule has 0 fully saturated rings. The fourth-order valence-electron chi connectivity index (χ4n) is 2.68.